The van der Waals surface area contributed by atoms with E-state index in [4.69, 9.17) is 23.2 Å². The summed E-state index contributed by atoms with van der Waals surface area (Å²) in [5.41, 5.74) is 2.94. The van der Waals surface area contributed by atoms with Crippen LogP contribution in [0.4, 0.5) is 0 Å². The molecule has 0 bridgehead atoms. The van der Waals surface area contributed by atoms with Crippen LogP contribution < -0.4 is 5.32 Å². The standard InChI is InChI=1S/C28H29BrCl2N2O2S/c1-2-13-32-28(35)26(16-20-7-4-3-5-8-20)33(17-21-9-6-10-23(29)14-21)27(34)19-36-18-22-11-12-24(30)25(31)15-22/h3-12,14-15,26H,2,13,16-19H2,1H3,(H,32,35)/t26-/m1/s1. The Morgan fingerprint density at radius 3 is 2.39 bits per heavy atom. The van der Waals surface area contributed by atoms with Gasteiger partial charge in [-0.25, -0.2) is 0 Å². The molecule has 0 saturated heterocycles. The smallest absolute Gasteiger partial charge is 0.243 e. The summed E-state index contributed by atoms with van der Waals surface area (Å²) in [7, 11) is 0. The Morgan fingerprint density at radius 2 is 1.69 bits per heavy atom. The van der Waals surface area contributed by atoms with Crippen molar-refractivity contribution in [2.75, 3.05) is 12.3 Å². The van der Waals surface area contributed by atoms with Gasteiger partial charge in [-0.2, -0.15) is 0 Å². The second kappa shape index (κ2) is 14.7. The highest BCUT2D eigenvalue weighted by atomic mass is 79.9. The Morgan fingerprint density at radius 1 is 0.944 bits per heavy atom. The molecule has 0 saturated carbocycles. The molecular formula is C28H29BrCl2N2O2S. The quantitative estimate of drug-likeness (QED) is 0.238. The first-order valence-corrected chi connectivity index (χ1v) is 14.4. The predicted molar refractivity (Wildman–Crippen MR) is 155 cm³/mol. The maximum Gasteiger partial charge on any atom is 0.243 e. The van der Waals surface area contributed by atoms with Crippen LogP contribution in [-0.4, -0.2) is 35.1 Å². The normalized spacial score (nSPS) is 11.7. The van der Waals surface area contributed by atoms with Crippen LogP contribution in [0.15, 0.2) is 77.3 Å². The van der Waals surface area contributed by atoms with E-state index >= 15 is 0 Å². The van der Waals surface area contributed by atoms with Crippen LogP contribution in [0.5, 0.6) is 0 Å². The van der Waals surface area contributed by atoms with Crippen molar-refractivity contribution in [1.29, 1.82) is 0 Å². The first-order valence-electron chi connectivity index (χ1n) is 11.7. The lowest BCUT2D eigenvalue weighted by Gasteiger charge is -2.31. The molecule has 36 heavy (non-hydrogen) atoms. The molecule has 0 fully saturated rings. The topological polar surface area (TPSA) is 49.4 Å². The number of amides is 2. The van der Waals surface area contributed by atoms with E-state index in [0.29, 0.717) is 35.3 Å². The molecule has 4 nitrogen and oxygen atoms in total. The molecule has 0 aliphatic heterocycles. The number of rotatable bonds is 12. The van der Waals surface area contributed by atoms with Crippen molar-refractivity contribution in [3.63, 3.8) is 0 Å². The van der Waals surface area contributed by atoms with E-state index < -0.39 is 6.04 Å². The lowest BCUT2D eigenvalue weighted by Crippen LogP contribution is -2.51. The van der Waals surface area contributed by atoms with Crippen LogP contribution >= 0.6 is 50.9 Å². The summed E-state index contributed by atoms with van der Waals surface area (Å²) in [6.45, 7) is 2.91. The van der Waals surface area contributed by atoms with Crippen LogP contribution in [0.25, 0.3) is 0 Å². The van der Waals surface area contributed by atoms with Crippen LogP contribution in [0.2, 0.25) is 10.0 Å². The molecule has 0 radical (unpaired) electrons. The molecule has 1 N–H and O–H groups in total. The molecular weight excluding hydrogens is 579 g/mol. The van der Waals surface area contributed by atoms with E-state index in [1.54, 1.807) is 11.0 Å². The Kier molecular flexibility index (Phi) is 11.6. The summed E-state index contributed by atoms with van der Waals surface area (Å²) in [5.74, 6) is 0.616. The zero-order valence-electron chi connectivity index (χ0n) is 20.1. The SMILES string of the molecule is CCCNC(=O)[C@@H](Cc1ccccc1)N(Cc1cccc(Br)c1)C(=O)CSCc1ccc(Cl)c(Cl)c1. The van der Waals surface area contributed by atoms with Crippen LogP contribution in [0.3, 0.4) is 0 Å². The first kappa shape index (κ1) is 28.6. The van der Waals surface area contributed by atoms with Crippen molar-refractivity contribution >= 4 is 62.7 Å². The van der Waals surface area contributed by atoms with Crippen molar-refractivity contribution in [2.45, 2.75) is 38.1 Å². The zero-order chi connectivity index (χ0) is 25.9. The minimum atomic E-state index is -0.629. The van der Waals surface area contributed by atoms with E-state index in [9.17, 15) is 9.59 Å². The predicted octanol–water partition coefficient (Wildman–Crippen LogP) is 7.16. The highest BCUT2D eigenvalue weighted by Crippen LogP contribution is 2.25. The van der Waals surface area contributed by atoms with Gasteiger partial charge in [0.1, 0.15) is 6.04 Å². The van der Waals surface area contributed by atoms with Gasteiger partial charge in [-0.05, 0) is 47.4 Å². The molecule has 3 aromatic rings. The average Bonchev–Trinajstić information content (AvgIpc) is 2.87. The van der Waals surface area contributed by atoms with Crippen LogP contribution in [0, 0.1) is 0 Å². The van der Waals surface area contributed by atoms with Crippen molar-refractivity contribution in [1.82, 2.24) is 10.2 Å². The summed E-state index contributed by atoms with van der Waals surface area (Å²) in [4.78, 5) is 28.7. The highest BCUT2D eigenvalue weighted by Gasteiger charge is 2.30. The van der Waals surface area contributed by atoms with Gasteiger partial charge >= 0.3 is 0 Å². The molecule has 8 heteroatoms. The maximum absolute atomic E-state index is 13.6. The third kappa shape index (κ3) is 8.84. The zero-order valence-corrected chi connectivity index (χ0v) is 24.0. The monoisotopic (exact) mass is 606 g/mol. The van der Waals surface area contributed by atoms with E-state index in [-0.39, 0.29) is 17.6 Å². The van der Waals surface area contributed by atoms with Gasteiger partial charge < -0.3 is 10.2 Å². The highest BCUT2D eigenvalue weighted by molar-refractivity contribution is 9.10. The van der Waals surface area contributed by atoms with Gasteiger partial charge in [0, 0.05) is 29.7 Å². The molecule has 190 valence electrons. The second-order valence-corrected chi connectivity index (χ2v) is 11.1. The van der Waals surface area contributed by atoms with E-state index in [1.807, 2.05) is 73.7 Å². The van der Waals surface area contributed by atoms with Crippen LogP contribution in [-0.2, 0) is 28.3 Å². The number of benzene rings is 3. The minimum absolute atomic E-state index is 0.0902. The van der Waals surface area contributed by atoms with Crippen molar-refractivity contribution < 1.29 is 9.59 Å². The summed E-state index contributed by atoms with van der Waals surface area (Å²) in [5, 5.41) is 4.00. The summed E-state index contributed by atoms with van der Waals surface area (Å²) in [6, 6.07) is 22.5. The minimum Gasteiger partial charge on any atom is -0.354 e. The molecule has 0 unspecified atom stereocenters. The molecule has 3 rings (SSSR count). The fraction of sp³-hybridized carbons (Fsp3) is 0.286. The first-order chi connectivity index (χ1) is 17.4. The molecule has 0 spiro atoms. The Hall–Kier alpha value is -1.99. The molecule has 2 amide bonds. The maximum atomic E-state index is 13.6. The number of nitrogens with one attached hydrogen (secondary N) is 1. The third-order valence-corrected chi connectivity index (χ3v) is 7.76. The van der Waals surface area contributed by atoms with Gasteiger partial charge in [0.05, 0.1) is 15.8 Å². The van der Waals surface area contributed by atoms with Crippen molar-refractivity contribution in [2.24, 2.45) is 0 Å². The van der Waals surface area contributed by atoms with E-state index in [2.05, 4.69) is 21.2 Å². The molecule has 0 aliphatic rings. The van der Waals surface area contributed by atoms with Gasteiger partial charge in [0.2, 0.25) is 11.8 Å². The van der Waals surface area contributed by atoms with Gasteiger partial charge in [0.25, 0.3) is 0 Å². The summed E-state index contributed by atoms with van der Waals surface area (Å²) < 4.78 is 0.927. The lowest BCUT2D eigenvalue weighted by molar-refractivity contribution is -0.139. The fourth-order valence-corrected chi connectivity index (χ4v) is 5.35. The molecule has 0 aliphatic carbocycles. The number of nitrogens with zero attached hydrogens (tertiary/aromatic N) is 1. The van der Waals surface area contributed by atoms with Crippen molar-refractivity contribution in [3.05, 3.63) is 104 Å². The number of hydrogen-bond acceptors (Lipinski definition) is 3. The van der Waals surface area contributed by atoms with Gasteiger partial charge in [-0.3, -0.25) is 9.59 Å². The fourth-order valence-electron chi connectivity index (χ4n) is 3.72. The Balaban J connectivity index is 1.83. The van der Waals surface area contributed by atoms with E-state index in [1.165, 1.54) is 11.8 Å². The second-order valence-electron chi connectivity index (χ2n) is 8.39. The van der Waals surface area contributed by atoms with Crippen molar-refractivity contribution in [3.8, 4) is 0 Å². The molecule has 3 aromatic carbocycles. The average molecular weight is 608 g/mol. The van der Waals surface area contributed by atoms with Gasteiger partial charge in [-0.1, -0.05) is 94.6 Å². The number of thioether (sulfide) groups is 1. The number of halogens is 3. The van der Waals surface area contributed by atoms with Gasteiger partial charge in [-0.15, -0.1) is 11.8 Å². The molecule has 0 heterocycles. The van der Waals surface area contributed by atoms with Crippen LogP contribution in [0.1, 0.15) is 30.0 Å². The summed E-state index contributed by atoms with van der Waals surface area (Å²) in [6.07, 6.45) is 1.26. The van der Waals surface area contributed by atoms with E-state index in [0.717, 1.165) is 27.6 Å². The molecule has 0 aromatic heterocycles. The number of hydrogen-bond donors (Lipinski definition) is 1. The summed E-state index contributed by atoms with van der Waals surface area (Å²) >= 11 is 17.2. The number of carbonyl (C=O) groups is 2. The third-order valence-electron chi connectivity index (χ3n) is 5.54. The lowest BCUT2D eigenvalue weighted by atomic mass is 10.0. The Bertz CT molecular complexity index is 1160. The number of carbonyl (C=O) groups excluding carboxylic acids is 2. The largest absolute Gasteiger partial charge is 0.354 e. The van der Waals surface area contributed by atoms with Gasteiger partial charge in [0.15, 0.2) is 0 Å². The Labute approximate surface area is 235 Å². The molecule has 1 atom stereocenters.